The Morgan fingerprint density at radius 1 is 1.25 bits per heavy atom. The van der Waals surface area contributed by atoms with Gasteiger partial charge in [-0.3, -0.25) is 4.98 Å². The van der Waals surface area contributed by atoms with Crippen LogP contribution >= 0.6 is 0 Å². The molecule has 1 aromatic heterocycles. The maximum Gasteiger partial charge on any atom is 0.0424 e. The highest BCUT2D eigenvalue weighted by Crippen LogP contribution is 2.22. The van der Waals surface area contributed by atoms with Gasteiger partial charge in [0.2, 0.25) is 0 Å². The van der Waals surface area contributed by atoms with E-state index >= 15 is 0 Å². The van der Waals surface area contributed by atoms with Gasteiger partial charge < -0.3 is 5.73 Å². The van der Waals surface area contributed by atoms with E-state index in [0.29, 0.717) is 0 Å². The molecular formula is C10H10N2. The topological polar surface area (TPSA) is 38.9 Å². The summed E-state index contributed by atoms with van der Waals surface area (Å²) in [5, 5.41) is 2.19. The quantitative estimate of drug-likeness (QED) is 0.596. The summed E-state index contributed by atoms with van der Waals surface area (Å²) in [5.74, 6) is 0. The lowest BCUT2D eigenvalue weighted by atomic mass is 10.1. The Hall–Kier alpha value is -1.57. The molecule has 2 aromatic rings. The molecule has 0 saturated heterocycles. The lowest BCUT2D eigenvalue weighted by Gasteiger charge is -2.03. The second-order valence-electron chi connectivity index (χ2n) is 2.89. The number of aromatic nitrogens is 1. The van der Waals surface area contributed by atoms with Gasteiger partial charge >= 0.3 is 0 Å². The van der Waals surface area contributed by atoms with Crippen LogP contribution < -0.4 is 5.73 Å². The molecule has 2 rings (SSSR count). The van der Waals surface area contributed by atoms with E-state index in [9.17, 15) is 0 Å². The molecule has 0 fully saturated rings. The second kappa shape index (κ2) is 2.48. The average Bonchev–Trinajstić information content (AvgIpc) is 2.12. The summed E-state index contributed by atoms with van der Waals surface area (Å²) >= 11 is 0. The molecule has 2 heteroatoms. The van der Waals surface area contributed by atoms with Crippen molar-refractivity contribution in [1.29, 1.82) is 0 Å². The average molecular weight is 158 g/mol. The largest absolute Gasteiger partial charge is 0.398 e. The van der Waals surface area contributed by atoms with E-state index in [-0.39, 0.29) is 0 Å². The fourth-order valence-corrected chi connectivity index (χ4v) is 1.30. The maximum atomic E-state index is 5.89. The molecule has 0 aliphatic heterocycles. The van der Waals surface area contributed by atoms with Crippen molar-refractivity contribution < 1.29 is 0 Å². The summed E-state index contributed by atoms with van der Waals surface area (Å²) in [5.41, 5.74) is 7.87. The first-order valence-corrected chi connectivity index (χ1v) is 3.88. The number of aryl methyl sites for hydroxylation is 1. The van der Waals surface area contributed by atoms with Crippen molar-refractivity contribution in [2.75, 3.05) is 5.73 Å². The number of benzene rings is 1. The molecule has 0 saturated carbocycles. The Balaban J connectivity index is 2.91. The molecule has 0 aliphatic carbocycles. The highest BCUT2D eigenvalue weighted by Gasteiger charge is 1.98. The van der Waals surface area contributed by atoms with Crippen LogP contribution in [0.5, 0.6) is 0 Å². The van der Waals surface area contributed by atoms with E-state index < -0.39 is 0 Å². The fraction of sp³-hybridized carbons (Fsp3) is 0.100. The number of hydrogen-bond donors (Lipinski definition) is 1. The van der Waals surface area contributed by atoms with E-state index in [1.165, 1.54) is 0 Å². The van der Waals surface area contributed by atoms with Crippen LogP contribution in [0, 0.1) is 6.92 Å². The number of anilines is 1. The van der Waals surface area contributed by atoms with Gasteiger partial charge in [-0.25, -0.2) is 0 Å². The van der Waals surface area contributed by atoms with E-state index in [1.54, 1.807) is 6.20 Å². The monoisotopic (exact) mass is 158 g/mol. The predicted octanol–water partition coefficient (Wildman–Crippen LogP) is 2.13. The molecule has 0 spiro atoms. The zero-order chi connectivity index (χ0) is 8.55. The number of nitrogen functional groups attached to an aromatic ring is 1. The summed E-state index contributed by atoms with van der Waals surface area (Å²) in [6, 6.07) is 5.99. The van der Waals surface area contributed by atoms with Gasteiger partial charge in [0, 0.05) is 28.9 Å². The molecule has 0 unspecified atom stereocenters. The standard InChI is InChI=1S/C10H10N2/c1-7-2-3-8-6-12-5-4-9(8)10(7)11/h2-6H,11H2,1H3. The Kier molecular flexibility index (Phi) is 1.47. The van der Waals surface area contributed by atoms with E-state index in [2.05, 4.69) is 4.98 Å². The van der Waals surface area contributed by atoms with E-state index in [4.69, 9.17) is 5.73 Å². The van der Waals surface area contributed by atoms with Crippen LogP contribution in [0.4, 0.5) is 5.69 Å². The molecule has 2 nitrogen and oxygen atoms in total. The van der Waals surface area contributed by atoms with Gasteiger partial charge in [0.1, 0.15) is 0 Å². The summed E-state index contributed by atoms with van der Waals surface area (Å²) in [7, 11) is 0. The molecule has 1 heterocycles. The van der Waals surface area contributed by atoms with Gasteiger partial charge in [-0.1, -0.05) is 12.1 Å². The minimum atomic E-state index is 0.856. The van der Waals surface area contributed by atoms with Crippen molar-refractivity contribution in [1.82, 2.24) is 4.98 Å². The van der Waals surface area contributed by atoms with Gasteiger partial charge in [-0.15, -0.1) is 0 Å². The maximum absolute atomic E-state index is 5.89. The SMILES string of the molecule is Cc1ccc2cnccc2c1N. The molecular weight excluding hydrogens is 148 g/mol. The molecule has 0 atom stereocenters. The highest BCUT2D eigenvalue weighted by molar-refractivity contribution is 5.93. The number of nitrogens with two attached hydrogens (primary N) is 1. The van der Waals surface area contributed by atoms with Crippen LogP contribution in [0.3, 0.4) is 0 Å². The molecule has 0 radical (unpaired) electrons. The van der Waals surface area contributed by atoms with Gasteiger partial charge in [0.25, 0.3) is 0 Å². The van der Waals surface area contributed by atoms with Crippen LogP contribution in [-0.2, 0) is 0 Å². The summed E-state index contributed by atoms with van der Waals surface area (Å²) in [6.45, 7) is 2.01. The minimum Gasteiger partial charge on any atom is -0.398 e. The number of fused-ring (bicyclic) bond motifs is 1. The predicted molar refractivity (Wildman–Crippen MR) is 50.9 cm³/mol. The van der Waals surface area contributed by atoms with Gasteiger partial charge in [0.15, 0.2) is 0 Å². The van der Waals surface area contributed by atoms with Crippen molar-refractivity contribution in [3.05, 3.63) is 36.2 Å². The Bertz CT molecular complexity index is 421. The van der Waals surface area contributed by atoms with Gasteiger partial charge in [-0.2, -0.15) is 0 Å². The first-order chi connectivity index (χ1) is 5.79. The zero-order valence-corrected chi connectivity index (χ0v) is 6.91. The van der Waals surface area contributed by atoms with Crippen molar-refractivity contribution in [2.24, 2.45) is 0 Å². The van der Waals surface area contributed by atoms with Crippen molar-refractivity contribution in [3.63, 3.8) is 0 Å². The second-order valence-corrected chi connectivity index (χ2v) is 2.89. The summed E-state index contributed by atoms with van der Waals surface area (Å²) < 4.78 is 0. The van der Waals surface area contributed by atoms with Crippen molar-refractivity contribution >= 4 is 16.5 Å². The third-order valence-electron chi connectivity index (χ3n) is 2.08. The lowest BCUT2D eigenvalue weighted by Crippen LogP contribution is -1.90. The number of rotatable bonds is 0. The normalized spacial score (nSPS) is 10.4. The van der Waals surface area contributed by atoms with Gasteiger partial charge in [-0.05, 0) is 18.6 Å². The zero-order valence-electron chi connectivity index (χ0n) is 6.91. The number of nitrogens with zero attached hydrogens (tertiary/aromatic N) is 1. The molecule has 0 amide bonds. The molecule has 60 valence electrons. The van der Waals surface area contributed by atoms with E-state index in [0.717, 1.165) is 22.0 Å². The summed E-state index contributed by atoms with van der Waals surface area (Å²) in [6.07, 6.45) is 3.59. The third kappa shape index (κ3) is 0.925. The van der Waals surface area contributed by atoms with Crippen LogP contribution in [-0.4, -0.2) is 4.98 Å². The Morgan fingerprint density at radius 2 is 2.08 bits per heavy atom. The third-order valence-corrected chi connectivity index (χ3v) is 2.08. The smallest absolute Gasteiger partial charge is 0.0424 e. The molecule has 0 aliphatic rings. The molecule has 1 aromatic carbocycles. The highest BCUT2D eigenvalue weighted by atomic mass is 14.6. The first-order valence-electron chi connectivity index (χ1n) is 3.88. The number of pyridine rings is 1. The van der Waals surface area contributed by atoms with Crippen LogP contribution in [0.2, 0.25) is 0 Å². The number of hydrogen-bond acceptors (Lipinski definition) is 2. The van der Waals surface area contributed by atoms with Crippen LogP contribution in [0.1, 0.15) is 5.56 Å². The van der Waals surface area contributed by atoms with Crippen molar-refractivity contribution in [3.8, 4) is 0 Å². The minimum absolute atomic E-state index is 0.856. The first kappa shape index (κ1) is 7.10. The van der Waals surface area contributed by atoms with E-state index in [1.807, 2.05) is 31.3 Å². The van der Waals surface area contributed by atoms with Crippen LogP contribution in [0.25, 0.3) is 10.8 Å². The molecule has 2 N–H and O–H groups in total. The lowest BCUT2D eigenvalue weighted by molar-refractivity contribution is 1.36. The van der Waals surface area contributed by atoms with Crippen LogP contribution in [0.15, 0.2) is 30.6 Å². The molecule has 12 heavy (non-hydrogen) atoms. The molecule has 0 bridgehead atoms. The summed E-state index contributed by atoms with van der Waals surface area (Å²) in [4.78, 5) is 4.03. The Morgan fingerprint density at radius 3 is 2.92 bits per heavy atom. The Labute approximate surface area is 71.0 Å². The van der Waals surface area contributed by atoms with Gasteiger partial charge in [0.05, 0.1) is 0 Å². The fourth-order valence-electron chi connectivity index (χ4n) is 1.30. The van der Waals surface area contributed by atoms with Crippen molar-refractivity contribution in [2.45, 2.75) is 6.92 Å².